The first kappa shape index (κ1) is 14.1. The molecule has 1 rings (SSSR count). The van der Waals surface area contributed by atoms with Crippen molar-refractivity contribution >= 4 is 31.9 Å². The van der Waals surface area contributed by atoms with Gasteiger partial charge < -0.3 is 5.32 Å². The minimum atomic E-state index is -0.206. The number of alkyl halides is 1. The lowest BCUT2D eigenvalue weighted by atomic mass is 10.2. The van der Waals surface area contributed by atoms with Gasteiger partial charge in [-0.1, -0.05) is 44.8 Å². The molecule has 0 spiro atoms. The Kier molecular flexibility index (Phi) is 6.54. The Morgan fingerprint density at radius 1 is 1.44 bits per heavy atom. The molecule has 0 bridgehead atoms. The zero-order chi connectivity index (χ0) is 12.0. The lowest BCUT2D eigenvalue weighted by molar-refractivity contribution is 0.616. The zero-order valence-corrected chi connectivity index (χ0v) is 12.4. The van der Waals surface area contributed by atoms with Gasteiger partial charge in [0.1, 0.15) is 5.82 Å². The van der Waals surface area contributed by atoms with E-state index in [9.17, 15) is 4.39 Å². The fraction of sp³-hybridized carbons (Fsp3) is 0.500. The lowest BCUT2D eigenvalue weighted by Crippen LogP contribution is -2.17. The molecule has 0 fully saturated rings. The van der Waals surface area contributed by atoms with Gasteiger partial charge in [0.25, 0.3) is 0 Å². The summed E-state index contributed by atoms with van der Waals surface area (Å²) in [5.41, 5.74) is 1.09. The van der Waals surface area contributed by atoms with Crippen LogP contribution in [0.25, 0.3) is 0 Å². The van der Waals surface area contributed by atoms with Crippen LogP contribution in [0.5, 0.6) is 0 Å². The highest BCUT2D eigenvalue weighted by molar-refractivity contribution is 9.10. The van der Waals surface area contributed by atoms with E-state index in [1.165, 1.54) is 12.1 Å². The van der Waals surface area contributed by atoms with Gasteiger partial charge in [-0.05, 0) is 37.1 Å². The predicted octanol–water partition coefficient (Wildman–Crippen LogP) is 4.24. The molecule has 0 saturated carbocycles. The predicted molar refractivity (Wildman–Crippen MR) is 73.4 cm³/mol. The molecule has 1 unspecified atom stereocenters. The molecule has 0 aliphatic carbocycles. The van der Waals surface area contributed by atoms with Crippen LogP contribution in [0.2, 0.25) is 0 Å². The fourth-order valence-corrected chi connectivity index (χ4v) is 2.07. The van der Waals surface area contributed by atoms with Crippen LogP contribution >= 0.6 is 31.9 Å². The summed E-state index contributed by atoms with van der Waals surface area (Å²) < 4.78 is 13.7. The Bertz CT molecular complexity index is 331. The van der Waals surface area contributed by atoms with E-state index in [-0.39, 0.29) is 5.82 Å². The molecule has 1 nitrogen and oxygen atoms in total. The van der Waals surface area contributed by atoms with Crippen LogP contribution < -0.4 is 5.32 Å². The third-order valence-electron chi connectivity index (χ3n) is 2.41. The Morgan fingerprint density at radius 3 is 2.81 bits per heavy atom. The Balaban J connectivity index is 2.32. The van der Waals surface area contributed by atoms with Gasteiger partial charge in [-0.2, -0.15) is 0 Å². The number of rotatable bonds is 6. The van der Waals surface area contributed by atoms with Crippen molar-refractivity contribution in [3.8, 4) is 0 Å². The maximum atomic E-state index is 12.8. The average Bonchev–Trinajstić information content (AvgIpc) is 2.26. The summed E-state index contributed by atoms with van der Waals surface area (Å²) in [6.07, 6.45) is 2.25. The summed E-state index contributed by atoms with van der Waals surface area (Å²) in [5.74, 6) is -0.206. The number of halogens is 3. The maximum absolute atomic E-state index is 12.8. The van der Waals surface area contributed by atoms with Crippen molar-refractivity contribution in [3.63, 3.8) is 0 Å². The molecule has 1 atom stereocenters. The monoisotopic (exact) mass is 351 g/mol. The molecule has 0 radical (unpaired) electrons. The number of hydrogen-bond acceptors (Lipinski definition) is 1. The van der Waals surface area contributed by atoms with Crippen molar-refractivity contribution in [2.45, 2.75) is 31.1 Å². The molecule has 1 aromatic carbocycles. The highest BCUT2D eigenvalue weighted by Crippen LogP contribution is 2.17. The van der Waals surface area contributed by atoms with E-state index in [0.717, 1.165) is 36.0 Å². The molecule has 16 heavy (non-hydrogen) atoms. The second-order valence-corrected chi connectivity index (χ2v) is 5.86. The number of hydrogen-bond donors (Lipinski definition) is 1. The third-order valence-corrected chi connectivity index (χ3v) is 4.25. The highest BCUT2D eigenvalue weighted by Gasteiger charge is 2.02. The summed E-state index contributed by atoms with van der Waals surface area (Å²) in [6.45, 7) is 3.90. The Labute approximate surface area is 113 Å². The third kappa shape index (κ3) is 4.93. The van der Waals surface area contributed by atoms with Crippen LogP contribution in [0.15, 0.2) is 22.7 Å². The topological polar surface area (TPSA) is 12.0 Å². The molecule has 1 aromatic rings. The molecular weight excluding hydrogens is 337 g/mol. The Morgan fingerprint density at radius 2 is 2.19 bits per heavy atom. The highest BCUT2D eigenvalue weighted by atomic mass is 79.9. The molecular formula is C12H16Br2FN. The Hall–Kier alpha value is 0.0700. The second-order valence-electron chi connectivity index (χ2n) is 3.71. The van der Waals surface area contributed by atoms with Gasteiger partial charge in [-0.25, -0.2) is 4.39 Å². The van der Waals surface area contributed by atoms with Gasteiger partial charge in [0.15, 0.2) is 0 Å². The normalized spacial score (nSPS) is 12.8. The average molecular weight is 353 g/mol. The summed E-state index contributed by atoms with van der Waals surface area (Å²) >= 11 is 6.94. The molecule has 0 aromatic heterocycles. The van der Waals surface area contributed by atoms with E-state index in [4.69, 9.17) is 0 Å². The largest absolute Gasteiger partial charge is 0.313 e. The van der Waals surface area contributed by atoms with E-state index in [1.807, 2.05) is 0 Å². The van der Waals surface area contributed by atoms with Gasteiger partial charge in [0.05, 0.1) is 0 Å². The molecule has 1 N–H and O–H groups in total. The minimum absolute atomic E-state index is 0.206. The second kappa shape index (κ2) is 7.41. The van der Waals surface area contributed by atoms with E-state index in [0.29, 0.717) is 4.83 Å². The van der Waals surface area contributed by atoms with Gasteiger partial charge in [0.2, 0.25) is 0 Å². The maximum Gasteiger partial charge on any atom is 0.124 e. The first-order valence-corrected chi connectivity index (χ1v) is 7.13. The van der Waals surface area contributed by atoms with E-state index in [1.54, 1.807) is 6.07 Å². The first-order chi connectivity index (χ1) is 7.63. The van der Waals surface area contributed by atoms with Crippen LogP contribution in [-0.2, 0) is 6.54 Å². The molecule has 4 heteroatoms. The van der Waals surface area contributed by atoms with Crippen molar-refractivity contribution < 1.29 is 4.39 Å². The van der Waals surface area contributed by atoms with E-state index >= 15 is 0 Å². The van der Waals surface area contributed by atoms with Crippen molar-refractivity contribution in [2.24, 2.45) is 0 Å². The molecule has 0 saturated heterocycles. The lowest BCUT2D eigenvalue weighted by Gasteiger charge is -2.09. The molecule has 0 amide bonds. The summed E-state index contributed by atoms with van der Waals surface area (Å²) in [7, 11) is 0. The van der Waals surface area contributed by atoms with Gasteiger partial charge in [0, 0.05) is 15.8 Å². The van der Waals surface area contributed by atoms with Crippen molar-refractivity contribution in [1.29, 1.82) is 0 Å². The number of benzene rings is 1. The molecule has 0 aliphatic heterocycles. The van der Waals surface area contributed by atoms with Crippen LogP contribution in [-0.4, -0.2) is 11.4 Å². The summed E-state index contributed by atoms with van der Waals surface area (Å²) in [4.78, 5) is 0.580. The van der Waals surface area contributed by atoms with Crippen LogP contribution in [0.3, 0.4) is 0 Å². The van der Waals surface area contributed by atoms with E-state index in [2.05, 4.69) is 44.1 Å². The van der Waals surface area contributed by atoms with Crippen LogP contribution in [0.4, 0.5) is 4.39 Å². The van der Waals surface area contributed by atoms with Gasteiger partial charge in [-0.15, -0.1) is 0 Å². The number of nitrogens with one attached hydrogen (secondary N) is 1. The van der Waals surface area contributed by atoms with E-state index < -0.39 is 0 Å². The summed E-state index contributed by atoms with van der Waals surface area (Å²) in [6, 6.07) is 4.79. The van der Waals surface area contributed by atoms with Crippen molar-refractivity contribution in [1.82, 2.24) is 5.32 Å². The van der Waals surface area contributed by atoms with Crippen molar-refractivity contribution in [3.05, 3.63) is 34.1 Å². The quantitative estimate of drug-likeness (QED) is 0.596. The van der Waals surface area contributed by atoms with Gasteiger partial charge >= 0.3 is 0 Å². The van der Waals surface area contributed by atoms with Crippen LogP contribution in [0.1, 0.15) is 25.3 Å². The molecule has 0 heterocycles. The zero-order valence-electron chi connectivity index (χ0n) is 9.27. The first-order valence-electron chi connectivity index (χ1n) is 5.42. The minimum Gasteiger partial charge on any atom is -0.313 e. The summed E-state index contributed by atoms with van der Waals surface area (Å²) in [5, 5.41) is 3.34. The standard InChI is InChI=1S/C12H16Br2FN/c1-2-10(13)5-6-16-8-9-3-4-11(15)7-12(9)14/h3-4,7,10,16H,2,5-6,8H2,1H3. The molecule has 0 aliphatic rings. The van der Waals surface area contributed by atoms with Crippen LogP contribution in [0, 0.1) is 5.82 Å². The smallest absolute Gasteiger partial charge is 0.124 e. The molecule has 90 valence electrons. The van der Waals surface area contributed by atoms with Crippen molar-refractivity contribution in [2.75, 3.05) is 6.54 Å². The fourth-order valence-electron chi connectivity index (χ4n) is 1.35. The van der Waals surface area contributed by atoms with Gasteiger partial charge in [-0.3, -0.25) is 0 Å². The SMILES string of the molecule is CCC(Br)CCNCc1ccc(F)cc1Br.